The summed E-state index contributed by atoms with van der Waals surface area (Å²) < 4.78 is 1.19. The number of hydrogen-bond acceptors (Lipinski definition) is 4. The summed E-state index contributed by atoms with van der Waals surface area (Å²) in [6.45, 7) is 4.60. The van der Waals surface area contributed by atoms with E-state index in [-0.39, 0.29) is 0 Å². The molecule has 2 atom stereocenters. The topological polar surface area (TPSA) is 42.2 Å². The lowest BCUT2D eigenvalue weighted by atomic mass is 9.98. The molecule has 0 amide bonds. The fraction of sp³-hybridized carbons (Fsp3) is 0.500. The van der Waals surface area contributed by atoms with Crippen molar-refractivity contribution < 1.29 is 0 Å². The summed E-state index contributed by atoms with van der Waals surface area (Å²) >= 11 is 1.76. The second kappa shape index (κ2) is 4.43. The van der Waals surface area contributed by atoms with E-state index < -0.39 is 0 Å². The molecular formula is C14H19N3S. The van der Waals surface area contributed by atoms with E-state index in [1.807, 2.05) is 18.2 Å². The molecule has 1 aromatic carbocycles. The minimum atomic E-state index is 0.589. The number of nitrogens with two attached hydrogens (primary N) is 1. The molecule has 0 saturated carbocycles. The van der Waals surface area contributed by atoms with Gasteiger partial charge in [-0.1, -0.05) is 11.3 Å². The van der Waals surface area contributed by atoms with Crippen LogP contribution >= 0.6 is 11.3 Å². The third kappa shape index (κ3) is 1.94. The van der Waals surface area contributed by atoms with Crippen LogP contribution in [0.4, 0.5) is 10.8 Å². The Hall–Kier alpha value is -1.29. The van der Waals surface area contributed by atoms with Gasteiger partial charge in [0.15, 0.2) is 5.13 Å². The molecule has 3 nitrogen and oxygen atoms in total. The molecule has 1 fully saturated rings. The first-order valence-corrected chi connectivity index (χ1v) is 7.41. The Bertz CT molecular complexity index is 553. The van der Waals surface area contributed by atoms with Crippen molar-refractivity contribution in [3.63, 3.8) is 0 Å². The van der Waals surface area contributed by atoms with Gasteiger partial charge in [0.25, 0.3) is 0 Å². The van der Waals surface area contributed by atoms with Crippen molar-refractivity contribution in [2.75, 3.05) is 10.6 Å². The molecule has 0 radical (unpaired) electrons. The van der Waals surface area contributed by atoms with Crippen LogP contribution in [-0.2, 0) is 0 Å². The second-order valence-corrected chi connectivity index (χ2v) is 6.27. The van der Waals surface area contributed by atoms with Crippen LogP contribution in [0.15, 0.2) is 18.2 Å². The molecular weight excluding hydrogens is 242 g/mol. The van der Waals surface area contributed by atoms with Crippen LogP contribution in [0.2, 0.25) is 0 Å². The zero-order valence-corrected chi connectivity index (χ0v) is 11.7. The number of nitrogen functional groups attached to an aromatic ring is 1. The van der Waals surface area contributed by atoms with E-state index in [1.54, 1.807) is 11.3 Å². The Morgan fingerprint density at radius 1 is 1.28 bits per heavy atom. The second-order valence-electron chi connectivity index (χ2n) is 5.26. The maximum Gasteiger partial charge on any atom is 0.186 e. The van der Waals surface area contributed by atoms with Crippen LogP contribution in [-0.4, -0.2) is 17.1 Å². The molecule has 2 N–H and O–H groups in total. The van der Waals surface area contributed by atoms with Crippen molar-refractivity contribution in [2.45, 2.75) is 45.2 Å². The van der Waals surface area contributed by atoms with Crippen LogP contribution in [0.1, 0.15) is 33.1 Å². The lowest BCUT2D eigenvalue weighted by molar-refractivity contribution is 0.414. The maximum absolute atomic E-state index is 5.83. The van der Waals surface area contributed by atoms with Crippen LogP contribution < -0.4 is 10.6 Å². The van der Waals surface area contributed by atoms with Crippen molar-refractivity contribution in [3.05, 3.63) is 18.2 Å². The molecule has 0 bridgehead atoms. The summed E-state index contributed by atoms with van der Waals surface area (Å²) in [4.78, 5) is 7.24. The normalized spacial score (nSPS) is 24.7. The SMILES string of the molecule is CC1CCCC(C)N1c1nc2ccc(N)cc2s1. The Morgan fingerprint density at radius 2 is 2.00 bits per heavy atom. The third-order valence-corrected chi connectivity index (χ3v) is 4.85. The van der Waals surface area contributed by atoms with Gasteiger partial charge in [0.05, 0.1) is 10.2 Å². The Labute approximate surface area is 112 Å². The standard InChI is InChI=1S/C14H19N3S/c1-9-4-3-5-10(2)17(9)14-16-12-7-6-11(15)8-13(12)18-14/h6-10H,3-5,15H2,1-2H3. The van der Waals surface area contributed by atoms with E-state index >= 15 is 0 Å². The first kappa shape index (κ1) is 11.8. The number of aromatic nitrogens is 1. The summed E-state index contributed by atoms with van der Waals surface area (Å²) in [5.74, 6) is 0. The zero-order valence-electron chi connectivity index (χ0n) is 10.9. The molecule has 1 saturated heterocycles. The van der Waals surface area contributed by atoms with Crippen LogP contribution in [0.3, 0.4) is 0 Å². The fourth-order valence-corrected chi connectivity index (χ4v) is 4.06. The van der Waals surface area contributed by atoms with Crippen LogP contribution in [0.25, 0.3) is 10.2 Å². The minimum Gasteiger partial charge on any atom is -0.399 e. The number of nitrogens with zero attached hydrogens (tertiary/aromatic N) is 2. The van der Waals surface area contributed by atoms with E-state index in [9.17, 15) is 0 Å². The number of thiazole rings is 1. The van der Waals surface area contributed by atoms with Crippen molar-refractivity contribution in [1.82, 2.24) is 4.98 Å². The molecule has 2 aromatic rings. The predicted octanol–water partition coefficient (Wildman–Crippen LogP) is 3.65. The Balaban J connectivity index is 2.02. The average molecular weight is 261 g/mol. The summed E-state index contributed by atoms with van der Waals surface area (Å²) in [7, 11) is 0. The van der Waals surface area contributed by atoms with E-state index in [1.165, 1.54) is 24.0 Å². The minimum absolute atomic E-state index is 0.589. The van der Waals surface area contributed by atoms with E-state index in [4.69, 9.17) is 10.7 Å². The highest BCUT2D eigenvalue weighted by molar-refractivity contribution is 7.22. The first-order chi connectivity index (χ1) is 8.65. The summed E-state index contributed by atoms with van der Waals surface area (Å²) in [5.41, 5.74) is 7.71. The molecule has 2 heterocycles. The zero-order chi connectivity index (χ0) is 12.7. The van der Waals surface area contributed by atoms with Gasteiger partial charge in [-0.05, 0) is 51.3 Å². The smallest absolute Gasteiger partial charge is 0.186 e. The number of piperidine rings is 1. The number of rotatable bonds is 1. The van der Waals surface area contributed by atoms with E-state index in [0.29, 0.717) is 12.1 Å². The summed E-state index contributed by atoms with van der Waals surface area (Å²) in [5, 5.41) is 1.15. The number of hydrogen-bond donors (Lipinski definition) is 1. The van der Waals surface area contributed by atoms with Crippen molar-refractivity contribution in [2.24, 2.45) is 0 Å². The highest BCUT2D eigenvalue weighted by atomic mass is 32.1. The lowest BCUT2D eigenvalue weighted by Gasteiger charge is -2.38. The summed E-state index contributed by atoms with van der Waals surface area (Å²) in [6.07, 6.45) is 3.86. The molecule has 4 heteroatoms. The lowest BCUT2D eigenvalue weighted by Crippen LogP contribution is -2.43. The van der Waals surface area contributed by atoms with Gasteiger partial charge in [0.2, 0.25) is 0 Å². The highest BCUT2D eigenvalue weighted by Crippen LogP contribution is 2.35. The molecule has 1 aliphatic rings. The van der Waals surface area contributed by atoms with E-state index in [0.717, 1.165) is 16.3 Å². The largest absolute Gasteiger partial charge is 0.399 e. The van der Waals surface area contributed by atoms with Crippen LogP contribution in [0.5, 0.6) is 0 Å². The average Bonchev–Trinajstić information content (AvgIpc) is 2.71. The van der Waals surface area contributed by atoms with Gasteiger partial charge in [0, 0.05) is 17.8 Å². The molecule has 18 heavy (non-hydrogen) atoms. The molecule has 0 aliphatic carbocycles. The molecule has 2 unspecified atom stereocenters. The predicted molar refractivity (Wildman–Crippen MR) is 79.3 cm³/mol. The number of benzene rings is 1. The Morgan fingerprint density at radius 3 is 2.72 bits per heavy atom. The number of anilines is 2. The monoisotopic (exact) mass is 261 g/mol. The van der Waals surface area contributed by atoms with Crippen LogP contribution in [0, 0.1) is 0 Å². The Kier molecular flexibility index (Phi) is 2.90. The van der Waals surface area contributed by atoms with E-state index in [2.05, 4.69) is 18.7 Å². The maximum atomic E-state index is 5.83. The molecule has 0 spiro atoms. The van der Waals surface area contributed by atoms with Gasteiger partial charge in [-0.25, -0.2) is 4.98 Å². The molecule has 3 rings (SSSR count). The van der Waals surface area contributed by atoms with Crippen molar-refractivity contribution in [1.29, 1.82) is 0 Å². The molecule has 96 valence electrons. The van der Waals surface area contributed by atoms with Gasteiger partial charge in [-0.15, -0.1) is 0 Å². The van der Waals surface area contributed by atoms with Gasteiger partial charge < -0.3 is 10.6 Å². The van der Waals surface area contributed by atoms with Gasteiger partial charge in [0.1, 0.15) is 0 Å². The quantitative estimate of drug-likeness (QED) is 0.797. The fourth-order valence-electron chi connectivity index (χ4n) is 2.84. The first-order valence-electron chi connectivity index (χ1n) is 6.59. The van der Waals surface area contributed by atoms with Gasteiger partial charge in [-0.3, -0.25) is 0 Å². The van der Waals surface area contributed by atoms with Crippen molar-refractivity contribution in [3.8, 4) is 0 Å². The van der Waals surface area contributed by atoms with Crippen molar-refractivity contribution >= 4 is 32.4 Å². The summed E-state index contributed by atoms with van der Waals surface area (Å²) in [6, 6.07) is 7.15. The van der Waals surface area contributed by atoms with Gasteiger partial charge >= 0.3 is 0 Å². The molecule has 1 aromatic heterocycles. The number of fused-ring (bicyclic) bond motifs is 1. The highest BCUT2D eigenvalue weighted by Gasteiger charge is 2.27. The third-order valence-electron chi connectivity index (χ3n) is 3.82. The molecule has 1 aliphatic heterocycles. The van der Waals surface area contributed by atoms with Gasteiger partial charge in [-0.2, -0.15) is 0 Å².